The molecule has 0 N–H and O–H groups in total. The number of fused-ring (bicyclic) bond motifs is 4. The van der Waals surface area contributed by atoms with Gasteiger partial charge in [-0.05, 0) is 130 Å². The minimum atomic E-state index is -0.297. The maximum Gasteiger partial charge on any atom is 0.197 e. The number of anilines is 4. The topological polar surface area (TPSA) is 92.2 Å². The van der Waals surface area contributed by atoms with Crippen molar-refractivity contribution in [2.24, 2.45) is 0 Å². The number of benzene rings is 5. The Morgan fingerprint density at radius 2 is 0.967 bits per heavy atom. The first-order valence-electron chi connectivity index (χ1n) is 20.7. The molecule has 0 amide bonds. The van der Waals surface area contributed by atoms with Crippen LogP contribution in [0.25, 0.3) is 44.1 Å². The number of pyridine rings is 2. The summed E-state index contributed by atoms with van der Waals surface area (Å²) in [5.41, 5.74) is 11.4. The number of Topliss-reactive ketones (excluding diaryl/α,β-unsaturated/α-hetero) is 2. The van der Waals surface area contributed by atoms with Crippen LogP contribution < -0.4 is 9.80 Å². The van der Waals surface area contributed by atoms with E-state index in [9.17, 15) is 9.59 Å². The molecule has 0 saturated carbocycles. The van der Waals surface area contributed by atoms with Gasteiger partial charge in [0.1, 0.15) is 5.82 Å². The summed E-state index contributed by atoms with van der Waals surface area (Å²) in [6, 6.07) is 38.3. The molecule has 8 nitrogen and oxygen atoms in total. The number of aromatic nitrogens is 4. The number of carbonyl (C=O) groups is 2. The van der Waals surface area contributed by atoms with Crippen molar-refractivity contribution in [3.05, 3.63) is 191 Å². The number of para-hydroxylation sites is 3. The molecule has 0 bridgehead atoms. The summed E-state index contributed by atoms with van der Waals surface area (Å²) in [6.45, 7) is 10.9. The largest absolute Gasteiger partial charge is 0.288 e. The summed E-state index contributed by atoms with van der Waals surface area (Å²) in [4.78, 5) is 52.7. The lowest BCUT2D eigenvalue weighted by molar-refractivity contribution is 0.0988. The van der Waals surface area contributed by atoms with E-state index in [2.05, 4.69) is 84.7 Å². The van der Waals surface area contributed by atoms with Crippen LogP contribution in [0.4, 0.5) is 23.0 Å². The summed E-state index contributed by atoms with van der Waals surface area (Å²) in [6.07, 6.45) is 10.8. The third-order valence-electron chi connectivity index (χ3n) is 11.7. The molecule has 2 aliphatic rings. The van der Waals surface area contributed by atoms with Gasteiger partial charge in [-0.1, -0.05) is 82.3 Å². The van der Waals surface area contributed by atoms with Gasteiger partial charge in [0.15, 0.2) is 23.2 Å². The van der Waals surface area contributed by atoms with E-state index in [1.54, 1.807) is 30.9 Å². The molecule has 0 radical (unpaired) electrons. The van der Waals surface area contributed by atoms with Gasteiger partial charge >= 0.3 is 0 Å². The van der Waals surface area contributed by atoms with E-state index in [-0.39, 0.29) is 29.0 Å². The van der Waals surface area contributed by atoms with Crippen molar-refractivity contribution in [2.75, 3.05) is 9.80 Å². The lowest BCUT2D eigenvalue weighted by atomic mass is 9.91. The van der Waals surface area contributed by atoms with Gasteiger partial charge in [0.25, 0.3) is 0 Å². The van der Waals surface area contributed by atoms with Crippen LogP contribution in [0.15, 0.2) is 164 Å². The molecule has 8 aromatic rings. The SMILES string of the molecule is Cc1cc(-c2ccncc2)c(N2/C(=C/C=C3C(=O)c4cc5ccccc5cc4C3=O)N(c3c(C(C)C)cccc3C(C)C)c3nc4ccccc4nc32)c(-c2ccncc2)c1. The van der Waals surface area contributed by atoms with Gasteiger partial charge in [0.2, 0.25) is 0 Å². The van der Waals surface area contributed by atoms with Crippen LogP contribution in [0.2, 0.25) is 0 Å². The summed E-state index contributed by atoms with van der Waals surface area (Å²) in [7, 11) is 0. The molecule has 61 heavy (non-hydrogen) atoms. The second-order valence-electron chi connectivity index (χ2n) is 16.3. The van der Waals surface area contributed by atoms with Crippen LogP contribution in [0.5, 0.6) is 0 Å². The van der Waals surface area contributed by atoms with Gasteiger partial charge in [-0.25, -0.2) is 9.97 Å². The Kier molecular flexibility index (Phi) is 9.21. The van der Waals surface area contributed by atoms with Gasteiger partial charge in [0, 0.05) is 47.0 Å². The van der Waals surface area contributed by atoms with Gasteiger partial charge in [-0.15, -0.1) is 0 Å². The van der Waals surface area contributed by atoms with Crippen molar-refractivity contribution >= 4 is 56.4 Å². The molecule has 0 unspecified atom stereocenters. The summed E-state index contributed by atoms with van der Waals surface area (Å²) in [5, 5.41) is 1.82. The lowest BCUT2D eigenvalue weighted by Crippen LogP contribution is -2.25. The molecule has 3 aromatic heterocycles. The molecule has 10 rings (SSSR count). The maximum atomic E-state index is 14.4. The molecule has 5 aromatic carbocycles. The Morgan fingerprint density at radius 1 is 0.508 bits per heavy atom. The van der Waals surface area contributed by atoms with Crippen LogP contribution >= 0.6 is 0 Å². The third kappa shape index (κ3) is 6.30. The number of ketones is 2. The molecule has 1 aliphatic carbocycles. The van der Waals surface area contributed by atoms with E-state index in [1.807, 2.05) is 91.0 Å². The third-order valence-corrected chi connectivity index (χ3v) is 11.7. The molecule has 4 heterocycles. The van der Waals surface area contributed by atoms with E-state index >= 15 is 0 Å². The predicted octanol–water partition coefficient (Wildman–Crippen LogP) is 12.6. The van der Waals surface area contributed by atoms with Crippen molar-refractivity contribution in [1.82, 2.24) is 19.9 Å². The van der Waals surface area contributed by atoms with E-state index < -0.39 is 0 Å². The number of nitrogens with zero attached hydrogens (tertiary/aromatic N) is 6. The quantitative estimate of drug-likeness (QED) is 0.116. The first-order chi connectivity index (χ1) is 29.7. The fourth-order valence-electron chi connectivity index (χ4n) is 8.80. The highest BCUT2D eigenvalue weighted by Gasteiger charge is 2.42. The van der Waals surface area contributed by atoms with Crippen molar-refractivity contribution in [3.8, 4) is 22.3 Å². The number of allylic oxidation sites excluding steroid dienone is 3. The Balaban J connectivity index is 1.33. The van der Waals surface area contributed by atoms with Gasteiger partial charge < -0.3 is 0 Å². The molecule has 0 saturated heterocycles. The van der Waals surface area contributed by atoms with E-state index in [1.165, 1.54) is 0 Å². The van der Waals surface area contributed by atoms with Crippen LogP contribution in [0.3, 0.4) is 0 Å². The van der Waals surface area contributed by atoms with Crippen LogP contribution in [-0.4, -0.2) is 31.5 Å². The van der Waals surface area contributed by atoms with Crippen molar-refractivity contribution in [1.29, 1.82) is 0 Å². The molecule has 8 heteroatoms. The molecular formula is C53H42N6O2. The summed E-state index contributed by atoms with van der Waals surface area (Å²) in [5.74, 6) is 1.61. The minimum Gasteiger partial charge on any atom is -0.288 e. The monoisotopic (exact) mass is 794 g/mol. The second-order valence-corrected chi connectivity index (χ2v) is 16.3. The smallest absolute Gasteiger partial charge is 0.197 e. The van der Waals surface area contributed by atoms with Crippen molar-refractivity contribution in [3.63, 3.8) is 0 Å². The fourth-order valence-corrected chi connectivity index (χ4v) is 8.80. The first-order valence-corrected chi connectivity index (χ1v) is 20.7. The molecule has 0 spiro atoms. The van der Waals surface area contributed by atoms with Crippen molar-refractivity contribution < 1.29 is 9.59 Å². The maximum absolute atomic E-state index is 14.4. The predicted molar refractivity (Wildman–Crippen MR) is 245 cm³/mol. The second kappa shape index (κ2) is 14.9. The van der Waals surface area contributed by atoms with E-state index in [0.29, 0.717) is 28.6 Å². The Morgan fingerprint density at radius 3 is 1.44 bits per heavy atom. The zero-order chi connectivity index (χ0) is 41.9. The average molecular weight is 795 g/mol. The van der Waals surface area contributed by atoms with E-state index in [4.69, 9.17) is 9.97 Å². The van der Waals surface area contributed by atoms with Gasteiger partial charge in [-0.3, -0.25) is 29.4 Å². The normalized spacial score (nSPS) is 14.3. The highest BCUT2D eigenvalue weighted by Crippen LogP contribution is 2.55. The first kappa shape index (κ1) is 37.7. The van der Waals surface area contributed by atoms with Gasteiger partial charge in [0.05, 0.1) is 28.0 Å². The Hall–Kier alpha value is -7.58. The zero-order valence-electron chi connectivity index (χ0n) is 34.6. The molecule has 1 aliphatic heterocycles. The van der Waals surface area contributed by atoms with Crippen molar-refractivity contribution in [2.45, 2.75) is 46.5 Å². The molecule has 0 atom stereocenters. The highest BCUT2D eigenvalue weighted by molar-refractivity contribution is 6.40. The zero-order valence-corrected chi connectivity index (χ0v) is 34.6. The Bertz CT molecular complexity index is 3010. The number of carbonyl (C=O) groups excluding carboxylic acids is 2. The molecular weight excluding hydrogens is 753 g/mol. The average Bonchev–Trinajstić information content (AvgIpc) is 3.71. The minimum absolute atomic E-state index is 0.105. The summed E-state index contributed by atoms with van der Waals surface area (Å²) < 4.78 is 0. The van der Waals surface area contributed by atoms with Crippen LogP contribution in [0.1, 0.15) is 76.9 Å². The van der Waals surface area contributed by atoms with Crippen LogP contribution in [0, 0.1) is 6.92 Å². The standard InChI is InChI=1S/C53H42N6O2/c1-31(2)38-13-10-14-39(32(3)4)48(38)58-47(18-17-40-50(60)43-29-36-11-6-7-12-37(36)30-44(43)51(40)61)59(53-52(58)56-45-15-8-9-16-46(45)57-53)49-41(34-19-23-54-24-20-34)27-33(5)28-42(49)35-21-25-55-26-22-35/h6-32H,1-5H3/b47-18+. The van der Waals surface area contributed by atoms with Crippen LogP contribution in [-0.2, 0) is 0 Å². The van der Waals surface area contributed by atoms with E-state index in [0.717, 1.165) is 72.1 Å². The number of hydrogen-bond acceptors (Lipinski definition) is 8. The van der Waals surface area contributed by atoms with Gasteiger partial charge in [-0.2, -0.15) is 0 Å². The molecule has 296 valence electrons. The summed E-state index contributed by atoms with van der Waals surface area (Å²) >= 11 is 0. The number of aryl methyl sites for hydroxylation is 1. The fraction of sp³-hybridized carbons (Fsp3) is 0.132. The molecule has 0 fully saturated rings. The Labute approximate surface area is 354 Å². The number of rotatable bonds is 7. The number of hydrogen-bond donors (Lipinski definition) is 0. The lowest BCUT2D eigenvalue weighted by Gasteiger charge is -2.32. The highest BCUT2D eigenvalue weighted by atomic mass is 16.2.